The van der Waals surface area contributed by atoms with E-state index in [1.807, 2.05) is 6.92 Å². The first-order valence-corrected chi connectivity index (χ1v) is 10.5. The average molecular weight is 372 g/mol. The van der Waals surface area contributed by atoms with Crippen LogP contribution in [0.2, 0.25) is 0 Å². The Balaban J connectivity index is 1.72. The molecule has 1 aliphatic rings. The number of aryl methyl sites for hydroxylation is 2. The minimum atomic E-state index is 0.00968. The largest absolute Gasteiger partial charge is 0.349 e. The molecule has 0 aliphatic carbocycles. The lowest BCUT2D eigenvalue weighted by atomic mass is 10.0. The summed E-state index contributed by atoms with van der Waals surface area (Å²) in [6, 6.07) is 10.8. The Labute approximate surface area is 160 Å². The van der Waals surface area contributed by atoms with E-state index in [2.05, 4.69) is 52.5 Å². The fourth-order valence-electron chi connectivity index (χ4n) is 3.62. The van der Waals surface area contributed by atoms with Gasteiger partial charge in [0.25, 0.3) is 5.91 Å². The number of rotatable bonds is 6. The highest BCUT2D eigenvalue weighted by Crippen LogP contribution is 2.24. The molecule has 140 valence electrons. The van der Waals surface area contributed by atoms with Crippen molar-refractivity contribution in [2.24, 2.45) is 0 Å². The van der Waals surface area contributed by atoms with Gasteiger partial charge in [-0.05, 0) is 44.8 Å². The Morgan fingerprint density at radius 1 is 1.19 bits per heavy atom. The van der Waals surface area contributed by atoms with Gasteiger partial charge in [0.1, 0.15) is 4.88 Å². The summed E-state index contributed by atoms with van der Waals surface area (Å²) in [6.07, 6.45) is 5.98. The van der Waals surface area contributed by atoms with Crippen LogP contribution < -0.4 is 5.32 Å². The first-order valence-electron chi connectivity index (χ1n) is 9.72. The van der Waals surface area contributed by atoms with Crippen molar-refractivity contribution in [3.05, 3.63) is 51.5 Å². The molecule has 1 aliphatic heterocycles. The Kier molecular flexibility index (Phi) is 6.80. The normalized spacial score (nSPS) is 16.8. The standard InChI is InChI=1S/C21H29N3OS/c1-3-19-23-16(2)20(26-19)21(25)22-15-18(17-11-7-6-8-12-17)24-13-9-4-5-10-14-24/h6-8,11-12,18H,3-5,9-10,13-15H2,1-2H3,(H,22,25)/t18-/m1/s1. The van der Waals surface area contributed by atoms with E-state index in [0.29, 0.717) is 6.54 Å². The van der Waals surface area contributed by atoms with Crippen molar-refractivity contribution in [2.45, 2.75) is 52.0 Å². The minimum absolute atomic E-state index is 0.00968. The van der Waals surface area contributed by atoms with E-state index in [-0.39, 0.29) is 11.9 Å². The lowest BCUT2D eigenvalue weighted by Gasteiger charge is -2.31. The molecule has 2 aromatic rings. The molecule has 1 aromatic carbocycles. The van der Waals surface area contributed by atoms with Gasteiger partial charge in [-0.1, -0.05) is 50.1 Å². The van der Waals surface area contributed by atoms with Crippen molar-refractivity contribution >= 4 is 17.2 Å². The van der Waals surface area contributed by atoms with Crippen LogP contribution in [0.15, 0.2) is 30.3 Å². The van der Waals surface area contributed by atoms with Crippen molar-refractivity contribution in [1.82, 2.24) is 15.2 Å². The number of hydrogen-bond donors (Lipinski definition) is 1. The summed E-state index contributed by atoms with van der Waals surface area (Å²) in [4.78, 5) is 20.5. The van der Waals surface area contributed by atoms with Crippen molar-refractivity contribution in [1.29, 1.82) is 0 Å². The SMILES string of the molecule is CCc1nc(C)c(C(=O)NC[C@H](c2ccccc2)N2CCCCCC2)s1. The molecule has 1 N–H and O–H groups in total. The van der Waals surface area contributed by atoms with Crippen LogP contribution in [-0.2, 0) is 6.42 Å². The maximum atomic E-state index is 12.7. The van der Waals surface area contributed by atoms with Crippen LogP contribution in [0.5, 0.6) is 0 Å². The third-order valence-electron chi connectivity index (χ3n) is 5.07. The van der Waals surface area contributed by atoms with Gasteiger partial charge >= 0.3 is 0 Å². The maximum absolute atomic E-state index is 12.7. The predicted molar refractivity (Wildman–Crippen MR) is 108 cm³/mol. The minimum Gasteiger partial charge on any atom is -0.349 e. The van der Waals surface area contributed by atoms with Gasteiger partial charge in [-0.15, -0.1) is 11.3 Å². The van der Waals surface area contributed by atoms with Gasteiger partial charge < -0.3 is 5.32 Å². The van der Waals surface area contributed by atoms with Crippen LogP contribution in [0.4, 0.5) is 0 Å². The molecule has 4 nitrogen and oxygen atoms in total. The molecule has 2 heterocycles. The summed E-state index contributed by atoms with van der Waals surface area (Å²) >= 11 is 1.52. The fraction of sp³-hybridized carbons (Fsp3) is 0.524. The summed E-state index contributed by atoms with van der Waals surface area (Å²) in [5, 5.41) is 4.21. The lowest BCUT2D eigenvalue weighted by molar-refractivity contribution is 0.0936. The maximum Gasteiger partial charge on any atom is 0.263 e. The zero-order chi connectivity index (χ0) is 18.4. The molecule has 5 heteroatoms. The Bertz CT molecular complexity index is 705. The van der Waals surface area contributed by atoms with Crippen molar-refractivity contribution in [3.8, 4) is 0 Å². The van der Waals surface area contributed by atoms with Crippen molar-refractivity contribution in [3.63, 3.8) is 0 Å². The molecule has 0 spiro atoms. The van der Waals surface area contributed by atoms with Crippen LogP contribution in [0.1, 0.15) is 64.6 Å². The topological polar surface area (TPSA) is 45.2 Å². The summed E-state index contributed by atoms with van der Waals surface area (Å²) in [5.41, 5.74) is 2.13. The van der Waals surface area contributed by atoms with Gasteiger partial charge in [-0.2, -0.15) is 0 Å². The van der Waals surface area contributed by atoms with Gasteiger partial charge in [0.05, 0.1) is 16.7 Å². The first kappa shape index (κ1) is 19.1. The van der Waals surface area contributed by atoms with Crippen LogP contribution in [-0.4, -0.2) is 35.4 Å². The number of hydrogen-bond acceptors (Lipinski definition) is 4. The molecule has 1 aromatic heterocycles. The molecular weight excluding hydrogens is 342 g/mol. The number of carbonyl (C=O) groups excluding carboxylic acids is 1. The highest BCUT2D eigenvalue weighted by atomic mass is 32.1. The summed E-state index contributed by atoms with van der Waals surface area (Å²) < 4.78 is 0. The predicted octanol–water partition coefficient (Wildman–Crippen LogP) is 4.36. The van der Waals surface area contributed by atoms with Gasteiger partial charge in [0.15, 0.2) is 0 Å². The van der Waals surface area contributed by atoms with E-state index in [4.69, 9.17) is 0 Å². The second kappa shape index (κ2) is 9.28. The van der Waals surface area contributed by atoms with Crippen LogP contribution >= 0.6 is 11.3 Å². The second-order valence-electron chi connectivity index (χ2n) is 6.96. The van der Waals surface area contributed by atoms with E-state index < -0.39 is 0 Å². The average Bonchev–Trinajstić information content (AvgIpc) is 2.86. The number of likely N-dealkylation sites (tertiary alicyclic amines) is 1. The van der Waals surface area contributed by atoms with Crippen LogP contribution in [0.25, 0.3) is 0 Å². The second-order valence-corrected chi connectivity index (χ2v) is 8.05. The zero-order valence-electron chi connectivity index (χ0n) is 15.8. The number of thiazole rings is 1. The van der Waals surface area contributed by atoms with Crippen molar-refractivity contribution < 1.29 is 4.79 Å². The van der Waals surface area contributed by atoms with Gasteiger partial charge in [-0.3, -0.25) is 9.69 Å². The molecule has 1 saturated heterocycles. The van der Waals surface area contributed by atoms with Crippen molar-refractivity contribution in [2.75, 3.05) is 19.6 Å². The molecule has 1 atom stereocenters. The third kappa shape index (κ3) is 4.71. The summed E-state index contributed by atoms with van der Waals surface area (Å²) in [5.74, 6) is 0.00968. The molecular formula is C21H29N3OS. The molecule has 0 saturated carbocycles. The van der Waals surface area contributed by atoms with E-state index in [0.717, 1.165) is 35.1 Å². The number of carbonyl (C=O) groups is 1. The smallest absolute Gasteiger partial charge is 0.263 e. The molecule has 0 bridgehead atoms. The number of nitrogens with zero attached hydrogens (tertiary/aromatic N) is 2. The van der Waals surface area contributed by atoms with Gasteiger partial charge in [-0.25, -0.2) is 4.98 Å². The van der Waals surface area contributed by atoms with Crippen LogP contribution in [0.3, 0.4) is 0 Å². The fourth-order valence-corrected chi connectivity index (χ4v) is 4.54. The highest BCUT2D eigenvalue weighted by Gasteiger charge is 2.23. The summed E-state index contributed by atoms with van der Waals surface area (Å²) in [7, 11) is 0. The van der Waals surface area contributed by atoms with Gasteiger partial charge in [0, 0.05) is 6.54 Å². The zero-order valence-corrected chi connectivity index (χ0v) is 16.6. The quantitative estimate of drug-likeness (QED) is 0.820. The molecule has 26 heavy (non-hydrogen) atoms. The molecule has 0 unspecified atom stereocenters. The lowest BCUT2D eigenvalue weighted by Crippen LogP contribution is -2.38. The van der Waals surface area contributed by atoms with E-state index in [1.54, 1.807) is 0 Å². The van der Waals surface area contributed by atoms with Crippen LogP contribution in [0, 0.1) is 6.92 Å². The Morgan fingerprint density at radius 2 is 1.88 bits per heavy atom. The third-order valence-corrected chi connectivity index (χ3v) is 6.37. The molecule has 0 radical (unpaired) electrons. The Hall–Kier alpha value is -1.72. The van der Waals surface area contributed by atoms with E-state index in [1.165, 1.54) is 42.6 Å². The number of amides is 1. The molecule has 1 fully saturated rings. The monoisotopic (exact) mass is 371 g/mol. The Morgan fingerprint density at radius 3 is 2.50 bits per heavy atom. The highest BCUT2D eigenvalue weighted by molar-refractivity contribution is 7.13. The van der Waals surface area contributed by atoms with E-state index in [9.17, 15) is 4.79 Å². The molecule has 3 rings (SSSR count). The number of aromatic nitrogens is 1. The number of nitrogens with one attached hydrogen (secondary N) is 1. The summed E-state index contributed by atoms with van der Waals surface area (Å²) in [6.45, 7) is 6.85. The van der Waals surface area contributed by atoms with Gasteiger partial charge in [0.2, 0.25) is 0 Å². The number of benzene rings is 1. The molecule has 1 amide bonds. The van der Waals surface area contributed by atoms with E-state index >= 15 is 0 Å². The first-order chi connectivity index (χ1) is 12.7.